The van der Waals surface area contributed by atoms with Crippen molar-refractivity contribution in [2.24, 2.45) is 0 Å². The topological polar surface area (TPSA) is 74.6 Å². The average Bonchev–Trinajstić information content (AvgIpc) is 3.26. The lowest BCUT2D eigenvalue weighted by molar-refractivity contribution is 0.0945. The first-order valence-corrected chi connectivity index (χ1v) is 10.4. The number of carbonyl (C=O) groups excluding carboxylic acids is 1. The van der Waals surface area contributed by atoms with E-state index in [-0.39, 0.29) is 5.91 Å². The lowest BCUT2D eigenvalue weighted by atomic mass is 10.1. The van der Waals surface area contributed by atoms with Crippen molar-refractivity contribution in [1.29, 1.82) is 0 Å². The molecule has 164 valence electrons. The van der Waals surface area contributed by atoms with Crippen LogP contribution in [0, 0.1) is 0 Å². The molecule has 3 aromatic rings. The first kappa shape index (κ1) is 22.2. The second kappa shape index (κ2) is 10.5. The highest BCUT2D eigenvalue weighted by molar-refractivity contribution is 5.94. The fourth-order valence-corrected chi connectivity index (χ4v) is 3.27. The number of ether oxygens (including phenoxy) is 3. The van der Waals surface area contributed by atoms with E-state index < -0.39 is 0 Å². The largest absolute Gasteiger partial charge is 0.497 e. The number of nitrogens with zero attached hydrogens (tertiary/aromatic N) is 2. The van der Waals surface area contributed by atoms with Gasteiger partial charge in [-0.15, -0.1) is 0 Å². The second-order valence-corrected chi connectivity index (χ2v) is 7.05. The van der Waals surface area contributed by atoms with Gasteiger partial charge in [0.2, 0.25) is 0 Å². The third-order valence-corrected chi connectivity index (χ3v) is 5.01. The summed E-state index contributed by atoms with van der Waals surface area (Å²) in [5.41, 5.74) is 2.62. The molecule has 0 aliphatic rings. The number of carbonyl (C=O) groups is 1. The third kappa shape index (κ3) is 5.17. The molecule has 31 heavy (non-hydrogen) atoms. The van der Waals surface area contributed by atoms with Crippen LogP contribution in [0.4, 0.5) is 0 Å². The Morgan fingerprint density at radius 3 is 2.29 bits per heavy atom. The van der Waals surface area contributed by atoms with Crippen LogP contribution in [0.15, 0.2) is 48.5 Å². The lowest BCUT2D eigenvalue weighted by Crippen LogP contribution is -2.26. The zero-order chi connectivity index (χ0) is 22.2. The van der Waals surface area contributed by atoms with Crippen molar-refractivity contribution in [2.45, 2.75) is 26.2 Å². The fourth-order valence-electron chi connectivity index (χ4n) is 3.27. The van der Waals surface area contributed by atoms with Crippen molar-refractivity contribution in [2.75, 3.05) is 27.9 Å². The van der Waals surface area contributed by atoms with Gasteiger partial charge < -0.3 is 19.5 Å². The molecule has 3 rings (SSSR count). The van der Waals surface area contributed by atoms with Crippen LogP contribution in [0.5, 0.6) is 17.2 Å². The van der Waals surface area contributed by atoms with E-state index >= 15 is 0 Å². The fraction of sp³-hybridized carbons (Fsp3) is 0.333. The molecule has 0 aliphatic heterocycles. The molecule has 0 saturated heterocycles. The van der Waals surface area contributed by atoms with Crippen LogP contribution in [-0.4, -0.2) is 43.6 Å². The summed E-state index contributed by atoms with van der Waals surface area (Å²) < 4.78 is 17.7. The van der Waals surface area contributed by atoms with Crippen molar-refractivity contribution >= 4 is 5.91 Å². The number of nitrogens with one attached hydrogen (secondary N) is 1. The highest BCUT2D eigenvalue weighted by Crippen LogP contribution is 2.33. The lowest BCUT2D eigenvalue weighted by Gasteiger charge is -2.09. The Morgan fingerprint density at radius 2 is 1.65 bits per heavy atom. The normalized spacial score (nSPS) is 10.6. The molecule has 0 fully saturated rings. The van der Waals surface area contributed by atoms with Crippen LogP contribution in [0.2, 0.25) is 0 Å². The van der Waals surface area contributed by atoms with Crippen LogP contribution in [0.25, 0.3) is 16.9 Å². The van der Waals surface area contributed by atoms with E-state index in [0.29, 0.717) is 29.4 Å². The number of amides is 1. The summed E-state index contributed by atoms with van der Waals surface area (Å²) in [4.78, 5) is 13.0. The first-order chi connectivity index (χ1) is 15.1. The summed E-state index contributed by atoms with van der Waals surface area (Å²) in [6.07, 6.45) is 3.12. The second-order valence-electron chi connectivity index (χ2n) is 7.05. The summed E-state index contributed by atoms with van der Waals surface area (Å²) in [7, 11) is 4.82. The number of methoxy groups -OCH3 is 3. The molecule has 0 atom stereocenters. The van der Waals surface area contributed by atoms with Gasteiger partial charge in [-0.2, -0.15) is 5.10 Å². The van der Waals surface area contributed by atoms with Gasteiger partial charge in [0.05, 0.1) is 32.7 Å². The average molecular weight is 424 g/mol. The summed E-state index contributed by atoms with van der Waals surface area (Å²) in [6.45, 7) is 2.76. The summed E-state index contributed by atoms with van der Waals surface area (Å²) in [6, 6.07) is 14.7. The van der Waals surface area contributed by atoms with Crippen molar-refractivity contribution in [1.82, 2.24) is 15.1 Å². The molecule has 0 unspecified atom stereocenters. The highest BCUT2D eigenvalue weighted by Gasteiger charge is 2.19. The SMILES string of the molecule is CCCCCNC(=O)c1cc(-c2ccc(OC)cc2OC)nn1-c1ccc(OC)cc1. The number of hydrogen-bond acceptors (Lipinski definition) is 5. The van der Waals surface area contributed by atoms with Gasteiger partial charge in [-0.1, -0.05) is 19.8 Å². The van der Waals surface area contributed by atoms with Gasteiger partial charge in [0.25, 0.3) is 5.91 Å². The minimum atomic E-state index is -0.168. The van der Waals surface area contributed by atoms with Gasteiger partial charge in [-0.05, 0) is 48.9 Å². The van der Waals surface area contributed by atoms with Gasteiger partial charge in [-0.25, -0.2) is 4.68 Å². The van der Waals surface area contributed by atoms with Crippen molar-refractivity contribution in [3.63, 3.8) is 0 Å². The van der Waals surface area contributed by atoms with E-state index in [1.165, 1.54) is 0 Å². The van der Waals surface area contributed by atoms with Crippen molar-refractivity contribution in [3.8, 4) is 34.2 Å². The van der Waals surface area contributed by atoms with Crippen molar-refractivity contribution < 1.29 is 19.0 Å². The molecule has 1 heterocycles. The van der Waals surface area contributed by atoms with E-state index in [1.54, 1.807) is 38.1 Å². The van der Waals surface area contributed by atoms with Crippen LogP contribution in [0.3, 0.4) is 0 Å². The molecule has 2 aromatic carbocycles. The molecule has 1 amide bonds. The number of aromatic nitrogens is 2. The molecular formula is C24H29N3O4. The smallest absolute Gasteiger partial charge is 0.270 e. The third-order valence-electron chi connectivity index (χ3n) is 5.01. The minimum absolute atomic E-state index is 0.168. The zero-order valence-electron chi connectivity index (χ0n) is 18.5. The van der Waals surface area contributed by atoms with Crippen molar-refractivity contribution in [3.05, 3.63) is 54.2 Å². The van der Waals surface area contributed by atoms with Gasteiger partial charge in [0.1, 0.15) is 22.9 Å². The molecule has 7 nitrogen and oxygen atoms in total. The Labute approximate surface area is 182 Å². The monoisotopic (exact) mass is 423 g/mol. The van der Waals surface area contributed by atoms with E-state index in [9.17, 15) is 4.79 Å². The Hall–Kier alpha value is -3.48. The standard InChI is InChI=1S/C24H29N3O4/c1-5-6-7-14-25-24(28)22-16-21(20-13-12-19(30-3)15-23(20)31-4)26-27(22)17-8-10-18(29-2)11-9-17/h8-13,15-16H,5-7,14H2,1-4H3,(H,25,28). The quantitative estimate of drug-likeness (QED) is 0.487. The summed E-state index contributed by atoms with van der Waals surface area (Å²) >= 11 is 0. The highest BCUT2D eigenvalue weighted by atomic mass is 16.5. The van der Waals surface area contributed by atoms with Gasteiger partial charge in [-0.3, -0.25) is 4.79 Å². The van der Waals surface area contributed by atoms with Gasteiger partial charge >= 0.3 is 0 Å². The Kier molecular flexibility index (Phi) is 7.54. The summed E-state index contributed by atoms with van der Waals surface area (Å²) in [5, 5.41) is 7.73. The maximum absolute atomic E-state index is 13.0. The van der Waals surface area contributed by atoms with E-state index in [4.69, 9.17) is 19.3 Å². The van der Waals surface area contributed by atoms with E-state index in [1.807, 2.05) is 36.4 Å². The number of hydrogen-bond donors (Lipinski definition) is 1. The van der Waals surface area contributed by atoms with Crippen LogP contribution in [0.1, 0.15) is 36.7 Å². The van der Waals surface area contributed by atoms with Gasteiger partial charge in [0.15, 0.2) is 0 Å². The first-order valence-electron chi connectivity index (χ1n) is 10.4. The Bertz CT molecular complexity index is 1010. The Balaban J connectivity index is 2.02. The predicted octanol–water partition coefficient (Wildman–Crippen LogP) is 4.49. The molecule has 0 saturated carbocycles. The number of benzene rings is 2. The minimum Gasteiger partial charge on any atom is -0.497 e. The molecule has 0 aliphatic carbocycles. The van der Waals surface area contributed by atoms with Crippen LogP contribution >= 0.6 is 0 Å². The molecule has 1 aromatic heterocycles. The molecule has 1 N–H and O–H groups in total. The molecule has 0 spiro atoms. The molecular weight excluding hydrogens is 394 g/mol. The summed E-state index contributed by atoms with van der Waals surface area (Å²) in [5.74, 6) is 1.87. The maximum atomic E-state index is 13.0. The van der Waals surface area contributed by atoms with E-state index in [0.717, 1.165) is 36.3 Å². The Morgan fingerprint density at radius 1 is 0.935 bits per heavy atom. The molecule has 0 bridgehead atoms. The molecule has 0 radical (unpaired) electrons. The molecule has 7 heteroatoms. The van der Waals surface area contributed by atoms with Crippen LogP contribution in [-0.2, 0) is 0 Å². The van der Waals surface area contributed by atoms with Crippen LogP contribution < -0.4 is 19.5 Å². The van der Waals surface area contributed by atoms with E-state index in [2.05, 4.69) is 12.2 Å². The maximum Gasteiger partial charge on any atom is 0.270 e. The number of rotatable bonds is 10. The predicted molar refractivity (Wildman–Crippen MR) is 121 cm³/mol. The zero-order valence-corrected chi connectivity index (χ0v) is 18.5. The van der Waals surface area contributed by atoms with Gasteiger partial charge in [0, 0.05) is 18.2 Å². The number of unbranched alkanes of at least 4 members (excludes halogenated alkanes) is 2.